The topological polar surface area (TPSA) is 51.7 Å². The number of ketones is 1. The van der Waals surface area contributed by atoms with Crippen LogP contribution in [-0.2, 0) is 13.1 Å². The van der Waals surface area contributed by atoms with Crippen molar-refractivity contribution < 1.29 is 14.3 Å². The molecule has 0 saturated carbocycles. The minimum Gasteiger partial charge on any atom is -0.478 e. The molecule has 4 aromatic rings. The van der Waals surface area contributed by atoms with Crippen LogP contribution in [0.3, 0.4) is 0 Å². The van der Waals surface area contributed by atoms with Gasteiger partial charge < -0.3 is 9.47 Å². The van der Waals surface area contributed by atoms with Gasteiger partial charge in [-0.2, -0.15) is 0 Å². The summed E-state index contributed by atoms with van der Waals surface area (Å²) in [5.74, 6) is 1.59. The molecule has 2 aliphatic rings. The van der Waals surface area contributed by atoms with Crippen molar-refractivity contribution in [1.82, 2.24) is 9.88 Å². The van der Waals surface area contributed by atoms with E-state index in [1.807, 2.05) is 54.6 Å². The summed E-state index contributed by atoms with van der Waals surface area (Å²) in [7, 11) is 0. The molecule has 1 aromatic heterocycles. The van der Waals surface area contributed by atoms with E-state index in [0.29, 0.717) is 36.9 Å². The zero-order valence-corrected chi connectivity index (χ0v) is 18.5. The van der Waals surface area contributed by atoms with E-state index in [1.165, 1.54) is 0 Å². The lowest BCUT2D eigenvalue weighted by Gasteiger charge is -2.29. The molecule has 3 aromatic carbocycles. The molecule has 0 bridgehead atoms. The fourth-order valence-electron chi connectivity index (χ4n) is 4.38. The van der Waals surface area contributed by atoms with Crippen molar-refractivity contribution in [3.05, 3.63) is 119 Å². The zero-order valence-electron chi connectivity index (χ0n) is 18.5. The number of fused-ring (bicyclic) bond motifs is 3. The van der Waals surface area contributed by atoms with E-state index in [0.717, 1.165) is 33.7 Å². The van der Waals surface area contributed by atoms with Crippen molar-refractivity contribution >= 4 is 11.9 Å². The molecular formula is C29H22N2O3. The normalized spacial score (nSPS) is 16.0. The molecule has 0 N–H and O–H groups in total. The summed E-state index contributed by atoms with van der Waals surface area (Å²) in [6.07, 6.45) is 3.59. The molecular weight excluding hydrogens is 424 g/mol. The van der Waals surface area contributed by atoms with Crippen molar-refractivity contribution in [2.45, 2.75) is 13.1 Å². The molecule has 0 fully saturated rings. The lowest BCUT2D eigenvalue weighted by molar-refractivity contribution is 0.0861. The van der Waals surface area contributed by atoms with E-state index >= 15 is 0 Å². The first-order chi connectivity index (χ1) is 16.7. The monoisotopic (exact) mass is 446 g/mol. The summed E-state index contributed by atoms with van der Waals surface area (Å²) in [6.45, 7) is 1.75. The zero-order chi connectivity index (χ0) is 22.9. The molecule has 5 heteroatoms. The fourth-order valence-corrected chi connectivity index (χ4v) is 4.38. The molecule has 6 rings (SSSR count). The average molecular weight is 447 g/mol. The molecule has 34 heavy (non-hydrogen) atoms. The first-order valence-electron chi connectivity index (χ1n) is 11.3. The molecule has 0 aliphatic carbocycles. The van der Waals surface area contributed by atoms with E-state index in [9.17, 15) is 4.79 Å². The molecule has 0 unspecified atom stereocenters. The van der Waals surface area contributed by atoms with Crippen molar-refractivity contribution in [1.29, 1.82) is 0 Å². The number of allylic oxidation sites excluding steroid dienone is 1. The van der Waals surface area contributed by atoms with E-state index in [2.05, 4.69) is 34.1 Å². The summed E-state index contributed by atoms with van der Waals surface area (Å²) in [5.41, 5.74) is 5.65. The van der Waals surface area contributed by atoms with Crippen LogP contribution in [0.5, 0.6) is 11.5 Å². The summed E-state index contributed by atoms with van der Waals surface area (Å²) in [5, 5.41) is 0. The van der Waals surface area contributed by atoms with Crippen molar-refractivity contribution in [3.8, 4) is 22.6 Å². The third kappa shape index (κ3) is 3.87. The second kappa shape index (κ2) is 8.61. The van der Waals surface area contributed by atoms with Crippen LogP contribution in [0, 0.1) is 0 Å². The number of pyridine rings is 1. The highest BCUT2D eigenvalue weighted by molar-refractivity contribution is 6.15. The highest BCUT2D eigenvalue weighted by atomic mass is 16.5. The third-order valence-electron chi connectivity index (χ3n) is 6.11. The number of rotatable bonds is 4. The van der Waals surface area contributed by atoms with Crippen LogP contribution in [0.4, 0.5) is 0 Å². The van der Waals surface area contributed by atoms with Crippen LogP contribution in [0.25, 0.3) is 17.2 Å². The Labute approximate surface area is 197 Å². The molecule has 2 aliphatic heterocycles. The number of hydrogen-bond donors (Lipinski definition) is 0. The van der Waals surface area contributed by atoms with Gasteiger partial charge >= 0.3 is 0 Å². The molecule has 3 heterocycles. The van der Waals surface area contributed by atoms with Crippen molar-refractivity contribution in [2.24, 2.45) is 0 Å². The SMILES string of the molecule is O=C1/C(=C/c2ccc(-c3ccccc3)cc2)Oc2c1ccc1c2CN(Cc2ccccn2)CO1. The first kappa shape index (κ1) is 20.4. The van der Waals surface area contributed by atoms with Gasteiger partial charge in [0.2, 0.25) is 5.78 Å². The van der Waals surface area contributed by atoms with Gasteiger partial charge in [-0.3, -0.25) is 14.7 Å². The molecule has 0 amide bonds. The lowest BCUT2D eigenvalue weighted by atomic mass is 10.0. The highest BCUT2D eigenvalue weighted by Crippen LogP contribution is 2.42. The van der Waals surface area contributed by atoms with Gasteiger partial charge in [0.25, 0.3) is 0 Å². The number of nitrogens with zero attached hydrogens (tertiary/aromatic N) is 2. The maximum atomic E-state index is 13.1. The minimum absolute atomic E-state index is 0.105. The smallest absolute Gasteiger partial charge is 0.231 e. The summed E-state index contributed by atoms with van der Waals surface area (Å²) in [4.78, 5) is 19.6. The number of benzene rings is 3. The number of carbonyl (C=O) groups excluding carboxylic acids is 1. The number of hydrogen-bond acceptors (Lipinski definition) is 5. The second-order valence-corrected chi connectivity index (χ2v) is 8.43. The van der Waals surface area contributed by atoms with Crippen LogP contribution in [-0.4, -0.2) is 22.4 Å². The standard InChI is InChI=1S/C29H22N2O3/c32-28-24-13-14-26-25(18-31(19-33-26)17-23-8-4-5-15-30-23)29(24)34-27(28)16-20-9-11-22(12-10-20)21-6-2-1-3-7-21/h1-16H,17-19H2/b27-16-. The van der Waals surface area contributed by atoms with Crippen molar-refractivity contribution in [3.63, 3.8) is 0 Å². The predicted octanol–water partition coefficient (Wildman–Crippen LogP) is 5.72. The largest absolute Gasteiger partial charge is 0.478 e. The fraction of sp³-hybridized carbons (Fsp3) is 0.103. The molecule has 5 nitrogen and oxygen atoms in total. The van der Waals surface area contributed by atoms with Gasteiger partial charge in [0.15, 0.2) is 5.76 Å². The Morgan fingerprint density at radius 1 is 0.882 bits per heavy atom. The maximum absolute atomic E-state index is 13.1. The Morgan fingerprint density at radius 3 is 2.47 bits per heavy atom. The van der Waals surface area contributed by atoms with E-state index in [-0.39, 0.29) is 5.78 Å². The molecule has 0 atom stereocenters. The Hall–Kier alpha value is -4.22. The first-order valence-corrected chi connectivity index (χ1v) is 11.3. The number of ether oxygens (including phenoxy) is 2. The van der Waals surface area contributed by atoms with Crippen molar-refractivity contribution in [2.75, 3.05) is 6.73 Å². The molecule has 0 saturated heterocycles. The van der Waals surface area contributed by atoms with Crippen LogP contribution < -0.4 is 9.47 Å². The van der Waals surface area contributed by atoms with Crippen LogP contribution in [0.2, 0.25) is 0 Å². The van der Waals surface area contributed by atoms with Gasteiger partial charge in [-0.05, 0) is 47.0 Å². The summed E-state index contributed by atoms with van der Waals surface area (Å²) >= 11 is 0. The van der Waals surface area contributed by atoms with E-state index in [4.69, 9.17) is 9.47 Å². The summed E-state index contributed by atoms with van der Waals surface area (Å²) in [6, 6.07) is 27.9. The van der Waals surface area contributed by atoms with Gasteiger partial charge in [-0.15, -0.1) is 0 Å². The van der Waals surface area contributed by atoms with E-state index in [1.54, 1.807) is 18.3 Å². The summed E-state index contributed by atoms with van der Waals surface area (Å²) < 4.78 is 12.1. The third-order valence-corrected chi connectivity index (χ3v) is 6.11. The quantitative estimate of drug-likeness (QED) is 0.376. The maximum Gasteiger partial charge on any atom is 0.231 e. The number of carbonyl (C=O) groups is 1. The Kier molecular flexibility index (Phi) is 5.17. The number of aromatic nitrogens is 1. The Balaban J connectivity index is 1.24. The van der Waals surface area contributed by atoms with Crippen LogP contribution in [0.15, 0.2) is 96.9 Å². The molecule has 0 radical (unpaired) electrons. The van der Waals surface area contributed by atoms with Gasteiger partial charge in [-0.25, -0.2) is 0 Å². The average Bonchev–Trinajstić information content (AvgIpc) is 3.21. The Bertz CT molecular complexity index is 1380. The van der Waals surface area contributed by atoms with Gasteiger partial charge in [0.1, 0.15) is 18.2 Å². The lowest BCUT2D eigenvalue weighted by Crippen LogP contribution is -2.32. The van der Waals surface area contributed by atoms with Gasteiger partial charge in [-0.1, -0.05) is 60.7 Å². The highest BCUT2D eigenvalue weighted by Gasteiger charge is 2.33. The minimum atomic E-state index is -0.105. The van der Waals surface area contributed by atoms with Crippen LogP contribution in [0.1, 0.15) is 27.2 Å². The molecule has 0 spiro atoms. The van der Waals surface area contributed by atoms with Gasteiger partial charge in [0.05, 0.1) is 16.8 Å². The van der Waals surface area contributed by atoms with E-state index < -0.39 is 0 Å². The second-order valence-electron chi connectivity index (χ2n) is 8.43. The van der Waals surface area contributed by atoms with Crippen LogP contribution >= 0.6 is 0 Å². The van der Waals surface area contributed by atoms with Gasteiger partial charge in [0, 0.05) is 19.3 Å². The molecule has 166 valence electrons. The number of Topliss-reactive ketones (excluding diaryl/α,β-unsaturated/α-hetero) is 1. The predicted molar refractivity (Wildman–Crippen MR) is 130 cm³/mol. The Morgan fingerprint density at radius 2 is 1.68 bits per heavy atom.